The molecule has 1 amide bonds. The smallest absolute Gasteiger partial charge is 0.270 e. The number of nitrogens with zero attached hydrogens (tertiary/aromatic N) is 1. The maximum atomic E-state index is 13.9. The van der Waals surface area contributed by atoms with Crippen molar-refractivity contribution >= 4 is 11.7 Å². The van der Waals surface area contributed by atoms with Crippen LogP contribution < -0.4 is 11.0 Å². The highest BCUT2D eigenvalue weighted by molar-refractivity contribution is 5.93. The molecular weight excluding hydrogens is 320 g/mol. The van der Waals surface area contributed by atoms with Crippen LogP contribution in [-0.4, -0.2) is 16.0 Å². The van der Waals surface area contributed by atoms with Crippen molar-refractivity contribution in [2.24, 2.45) is 0 Å². The molecule has 0 radical (unpaired) electrons. The van der Waals surface area contributed by atoms with E-state index in [2.05, 4.69) is 11.0 Å². The number of nitrogens with one attached hydrogen (secondary N) is 2. The van der Waals surface area contributed by atoms with Gasteiger partial charge >= 0.3 is 0 Å². The third-order valence-corrected chi connectivity index (χ3v) is 3.36. The largest absolute Gasteiger partial charge is 0.504 e. The van der Waals surface area contributed by atoms with Gasteiger partial charge < -0.3 is 14.9 Å². The van der Waals surface area contributed by atoms with Crippen molar-refractivity contribution in [1.82, 2.24) is 16.0 Å². The van der Waals surface area contributed by atoms with Crippen LogP contribution >= 0.6 is 0 Å². The molecule has 1 aliphatic heterocycles. The summed E-state index contributed by atoms with van der Waals surface area (Å²) >= 11 is 0. The summed E-state index contributed by atoms with van der Waals surface area (Å²) in [5.41, 5.74) is 5.78. The van der Waals surface area contributed by atoms with Crippen LogP contribution in [-0.2, 0) is 11.2 Å². The number of halogens is 2. The monoisotopic (exact) mass is 333 g/mol. The molecule has 0 fully saturated rings. The first-order valence-corrected chi connectivity index (χ1v) is 6.97. The first-order valence-electron chi connectivity index (χ1n) is 6.97. The van der Waals surface area contributed by atoms with Crippen LogP contribution in [0.25, 0.3) is 5.76 Å². The van der Waals surface area contributed by atoms with E-state index in [0.717, 1.165) is 17.3 Å². The number of aliphatic hydroxyl groups excluding tert-OH is 1. The molecule has 3 N–H and O–H groups in total. The maximum absolute atomic E-state index is 13.9. The van der Waals surface area contributed by atoms with E-state index in [-0.39, 0.29) is 17.7 Å². The quantitative estimate of drug-likeness (QED) is 0.591. The molecule has 0 unspecified atom stereocenters. The fourth-order valence-corrected chi connectivity index (χ4v) is 2.18. The molecule has 24 heavy (non-hydrogen) atoms. The van der Waals surface area contributed by atoms with Crippen molar-refractivity contribution in [2.45, 2.75) is 6.42 Å². The molecular formula is C16H13F2N3O3. The molecule has 0 spiro atoms. The minimum Gasteiger partial charge on any atom is -0.504 e. The van der Waals surface area contributed by atoms with Gasteiger partial charge in [0.15, 0.2) is 17.3 Å². The minimum absolute atomic E-state index is 0.0752. The maximum Gasteiger partial charge on any atom is 0.270 e. The second kappa shape index (κ2) is 6.55. The number of rotatable bonds is 4. The lowest BCUT2D eigenvalue weighted by Gasteiger charge is -2.10. The van der Waals surface area contributed by atoms with Crippen molar-refractivity contribution in [3.05, 3.63) is 77.5 Å². The Labute approximate surface area is 135 Å². The summed E-state index contributed by atoms with van der Waals surface area (Å²) in [4.78, 5) is 11.9. The number of furan rings is 1. The van der Waals surface area contributed by atoms with E-state index in [0.29, 0.717) is 5.56 Å². The molecule has 1 aromatic heterocycles. The Bertz CT molecular complexity index is 812. The molecule has 1 aliphatic rings. The summed E-state index contributed by atoms with van der Waals surface area (Å²) in [6, 6.07) is 5.51. The van der Waals surface area contributed by atoms with Gasteiger partial charge in [0.2, 0.25) is 0 Å². The Hall–Kier alpha value is -3.13. The SMILES string of the molecule is O=C(C=C(O)c1occ(F)c1Cc1ccc(F)cc1)N1C=CNN1. The molecule has 124 valence electrons. The Kier molecular flexibility index (Phi) is 4.30. The van der Waals surface area contributed by atoms with Crippen LogP contribution in [0.2, 0.25) is 0 Å². The third kappa shape index (κ3) is 3.28. The Morgan fingerprint density at radius 2 is 2.04 bits per heavy atom. The van der Waals surface area contributed by atoms with E-state index in [4.69, 9.17) is 4.42 Å². The zero-order valence-electron chi connectivity index (χ0n) is 12.3. The van der Waals surface area contributed by atoms with Gasteiger partial charge in [0.25, 0.3) is 5.91 Å². The predicted octanol–water partition coefficient (Wildman–Crippen LogP) is 2.37. The second-order valence-corrected chi connectivity index (χ2v) is 5.00. The van der Waals surface area contributed by atoms with Crippen LogP contribution in [0, 0.1) is 11.6 Å². The van der Waals surface area contributed by atoms with Gasteiger partial charge in [-0.2, -0.15) is 0 Å². The highest BCUT2D eigenvalue weighted by Gasteiger charge is 2.20. The third-order valence-electron chi connectivity index (χ3n) is 3.36. The van der Waals surface area contributed by atoms with Crippen LogP contribution in [0.5, 0.6) is 0 Å². The van der Waals surface area contributed by atoms with E-state index >= 15 is 0 Å². The van der Waals surface area contributed by atoms with Crippen LogP contribution in [0.1, 0.15) is 16.9 Å². The average Bonchev–Trinajstić information content (AvgIpc) is 3.20. The summed E-state index contributed by atoms with van der Waals surface area (Å²) in [6.07, 6.45) is 4.71. The van der Waals surface area contributed by atoms with Gasteiger partial charge in [-0.15, -0.1) is 5.53 Å². The molecule has 0 saturated heterocycles. The number of amides is 1. The van der Waals surface area contributed by atoms with Crippen molar-refractivity contribution in [3.8, 4) is 0 Å². The number of hydrazine groups is 2. The molecule has 2 aromatic rings. The lowest BCUT2D eigenvalue weighted by atomic mass is 10.0. The fraction of sp³-hybridized carbons (Fsp3) is 0.0625. The Morgan fingerprint density at radius 1 is 1.29 bits per heavy atom. The number of aliphatic hydroxyl groups is 1. The summed E-state index contributed by atoms with van der Waals surface area (Å²) < 4.78 is 31.9. The highest BCUT2D eigenvalue weighted by Crippen LogP contribution is 2.25. The molecule has 0 bridgehead atoms. The number of hydrogen-bond acceptors (Lipinski definition) is 5. The van der Waals surface area contributed by atoms with Crippen LogP contribution in [0.15, 0.2) is 53.4 Å². The first kappa shape index (κ1) is 15.8. The summed E-state index contributed by atoms with van der Waals surface area (Å²) in [5, 5.41) is 11.2. The lowest BCUT2D eigenvalue weighted by molar-refractivity contribution is -0.125. The summed E-state index contributed by atoms with van der Waals surface area (Å²) in [6.45, 7) is 0. The van der Waals surface area contributed by atoms with Crippen molar-refractivity contribution in [3.63, 3.8) is 0 Å². The van der Waals surface area contributed by atoms with E-state index in [1.165, 1.54) is 36.7 Å². The zero-order valence-corrected chi connectivity index (χ0v) is 12.3. The second-order valence-electron chi connectivity index (χ2n) is 5.00. The molecule has 6 nitrogen and oxygen atoms in total. The van der Waals surface area contributed by atoms with Crippen LogP contribution in [0.3, 0.4) is 0 Å². The average molecular weight is 333 g/mol. The van der Waals surface area contributed by atoms with Gasteiger partial charge in [0, 0.05) is 24.4 Å². The van der Waals surface area contributed by atoms with Gasteiger partial charge in [-0.1, -0.05) is 12.1 Å². The van der Waals surface area contributed by atoms with E-state index in [9.17, 15) is 18.7 Å². The standard InChI is InChI=1S/C16H13F2N3O3/c17-11-3-1-10(2-4-11)7-12-13(18)9-24-16(12)14(22)8-15(23)21-6-5-19-20-21/h1-6,8-9,19-20,22H,7H2. The van der Waals surface area contributed by atoms with Crippen molar-refractivity contribution in [1.29, 1.82) is 0 Å². The molecule has 8 heteroatoms. The molecule has 0 saturated carbocycles. The Morgan fingerprint density at radius 3 is 2.71 bits per heavy atom. The minimum atomic E-state index is -0.664. The highest BCUT2D eigenvalue weighted by atomic mass is 19.1. The first-order chi connectivity index (χ1) is 11.5. The number of benzene rings is 1. The van der Waals surface area contributed by atoms with Gasteiger partial charge in [0.1, 0.15) is 12.1 Å². The fourth-order valence-electron chi connectivity index (χ4n) is 2.18. The molecule has 0 atom stereocenters. The number of carbonyl (C=O) groups excluding carboxylic acids is 1. The lowest BCUT2D eigenvalue weighted by Crippen LogP contribution is -2.39. The normalized spacial score (nSPS) is 14.1. The molecule has 3 rings (SSSR count). The van der Waals surface area contributed by atoms with E-state index < -0.39 is 23.3 Å². The Balaban J connectivity index is 1.84. The molecule has 0 aliphatic carbocycles. The van der Waals surface area contributed by atoms with Gasteiger partial charge in [0.05, 0.1) is 6.08 Å². The number of hydrogen-bond donors (Lipinski definition) is 3. The summed E-state index contributed by atoms with van der Waals surface area (Å²) in [7, 11) is 0. The van der Waals surface area contributed by atoms with Gasteiger partial charge in [-0.3, -0.25) is 4.79 Å². The topological polar surface area (TPSA) is 77.7 Å². The van der Waals surface area contributed by atoms with Crippen molar-refractivity contribution in [2.75, 3.05) is 0 Å². The molecule has 2 heterocycles. The predicted molar refractivity (Wildman–Crippen MR) is 80.7 cm³/mol. The summed E-state index contributed by atoms with van der Waals surface area (Å²) in [5.74, 6) is -2.31. The van der Waals surface area contributed by atoms with Crippen LogP contribution in [0.4, 0.5) is 8.78 Å². The van der Waals surface area contributed by atoms with Gasteiger partial charge in [-0.25, -0.2) is 13.8 Å². The number of carbonyl (C=O) groups is 1. The van der Waals surface area contributed by atoms with E-state index in [1.807, 2.05) is 0 Å². The van der Waals surface area contributed by atoms with E-state index in [1.54, 1.807) is 0 Å². The van der Waals surface area contributed by atoms with Crippen molar-refractivity contribution < 1.29 is 23.1 Å². The van der Waals surface area contributed by atoms with Gasteiger partial charge in [-0.05, 0) is 17.7 Å². The molecule has 1 aromatic carbocycles. The zero-order chi connectivity index (χ0) is 17.1.